The van der Waals surface area contributed by atoms with Crippen molar-refractivity contribution < 1.29 is 17.9 Å². The number of methoxy groups -OCH3 is 1. The Morgan fingerprint density at radius 3 is 3.04 bits per heavy atom. The first-order chi connectivity index (χ1) is 11.1. The molecule has 0 radical (unpaired) electrons. The van der Waals surface area contributed by atoms with Gasteiger partial charge in [-0.2, -0.15) is 9.29 Å². The maximum Gasteiger partial charge on any atom is 0.319 e. The van der Waals surface area contributed by atoms with Gasteiger partial charge in [0.1, 0.15) is 6.10 Å². The third kappa shape index (κ3) is 3.42. The third-order valence-corrected chi connectivity index (χ3v) is 5.30. The molecule has 1 fully saturated rings. The second-order valence-electron chi connectivity index (χ2n) is 5.04. The van der Waals surface area contributed by atoms with Crippen LogP contribution in [0.4, 0.5) is 0 Å². The minimum absolute atomic E-state index is 0.0851. The number of rotatable bonds is 5. The van der Waals surface area contributed by atoms with Crippen LogP contribution in [0.25, 0.3) is 0 Å². The lowest BCUT2D eigenvalue weighted by Crippen LogP contribution is -2.44. The molecule has 9 nitrogen and oxygen atoms in total. The minimum atomic E-state index is -3.58. The predicted molar refractivity (Wildman–Crippen MR) is 79.6 cm³/mol. The number of sulfonamides is 1. The maximum atomic E-state index is 12.5. The molecule has 0 bridgehead atoms. The monoisotopic (exact) mass is 339 g/mol. The molecule has 0 aromatic carbocycles. The van der Waals surface area contributed by atoms with Crippen LogP contribution in [0.2, 0.25) is 0 Å². The summed E-state index contributed by atoms with van der Waals surface area (Å²) in [5, 5.41) is 0.0851. The van der Waals surface area contributed by atoms with Gasteiger partial charge in [-0.15, -0.1) is 0 Å². The number of H-pyrrole nitrogens is 1. The van der Waals surface area contributed by atoms with Gasteiger partial charge in [-0.25, -0.2) is 18.4 Å². The summed E-state index contributed by atoms with van der Waals surface area (Å²) in [5.41, 5.74) is 0. The molecular formula is C13H17N5O4S. The number of ether oxygens (including phenoxy) is 2. The normalized spacial score (nSPS) is 19.4. The molecule has 0 aliphatic carbocycles. The van der Waals surface area contributed by atoms with Gasteiger partial charge in [0.2, 0.25) is 5.88 Å². The van der Waals surface area contributed by atoms with Crippen molar-refractivity contribution in [3.63, 3.8) is 0 Å². The highest BCUT2D eigenvalue weighted by molar-refractivity contribution is 7.89. The van der Waals surface area contributed by atoms with Crippen LogP contribution >= 0.6 is 0 Å². The van der Waals surface area contributed by atoms with Crippen LogP contribution in [0.15, 0.2) is 29.8 Å². The van der Waals surface area contributed by atoms with Gasteiger partial charge < -0.3 is 14.5 Å². The van der Waals surface area contributed by atoms with Crippen molar-refractivity contribution in [2.75, 3.05) is 20.2 Å². The van der Waals surface area contributed by atoms with E-state index in [0.29, 0.717) is 18.8 Å². The Hall–Kier alpha value is -2.20. The Morgan fingerprint density at radius 1 is 1.43 bits per heavy atom. The highest BCUT2D eigenvalue weighted by atomic mass is 32.2. The van der Waals surface area contributed by atoms with Crippen molar-refractivity contribution in [3.8, 4) is 11.9 Å². The van der Waals surface area contributed by atoms with E-state index in [1.165, 1.54) is 30.1 Å². The zero-order valence-electron chi connectivity index (χ0n) is 12.5. The zero-order valence-corrected chi connectivity index (χ0v) is 13.4. The number of hydrogen-bond acceptors (Lipinski definition) is 7. The molecule has 0 spiro atoms. The smallest absolute Gasteiger partial charge is 0.319 e. The number of nitrogens with one attached hydrogen (secondary N) is 1. The number of aromatic amines is 1. The van der Waals surface area contributed by atoms with Crippen LogP contribution < -0.4 is 9.47 Å². The van der Waals surface area contributed by atoms with Crippen molar-refractivity contribution in [1.82, 2.24) is 24.2 Å². The zero-order chi connectivity index (χ0) is 16.3. The summed E-state index contributed by atoms with van der Waals surface area (Å²) in [5.74, 6) is 0.364. The minimum Gasteiger partial charge on any atom is -0.473 e. The summed E-state index contributed by atoms with van der Waals surface area (Å²) in [7, 11) is -2.11. The summed E-state index contributed by atoms with van der Waals surface area (Å²) in [6.45, 7) is 0.710. The van der Waals surface area contributed by atoms with Gasteiger partial charge in [0.05, 0.1) is 26.2 Å². The molecule has 1 unspecified atom stereocenters. The number of aromatic nitrogens is 4. The van der Waals surface area contributed by atoms with Gasteiger partial charge in [-0.3, -0.25) is 0 Å². The first-order valence-electron chi connectivity index (χ1n) is 7.12. The lowest BCUT2D eigenvalue weighted by atomic mass is 10.1. The Morgan fingerprint density at radius 2 is 2.30 bits per heavy atom. The van der Waals surface area contributed by atoms with Crippen molar-refractivity contribution in [2.24, 2.45) is 0 Å². The molecule has 2 aromatic heterocycles. The van der Waals surface area contributed by atoms with Crippen molar-refractivity contribution in [2.45, 2.75) is 24.0 Å². The van der Waals surface area contributed by atoms with Crippen molar-refractivity contribution >= 4 is 10.0 Å². The van der Waals surface area contributed by atoms with Crippen molar-refractivity contribution in [3.05, 3.63) is 24.8 Å². The van der Waals surface area contributed by atoms with E-state index in [1.807, 2.05) is 0 Å². The summed E-state index contributed by atoms with van der Waals surface area (Å²) in [4.78, 5) is 14.4. The summed E-state index contributed by atoms with van der Waals surface area (Å²) >= 11 is 0. The van der Waals surface area contributed by atoms with E-state index < -0.39 is 10.0 Å². The van der Waals surface area contributed by atoms with E-state index >= 15 is 0 Å². The largest absolute Gasteiger partial charge is 0.473 e. The van der Waals surface area contributed by atoms with Crippen LogP contribution in [-0.2, 0) is 10.0 Å². The van der Waals surface area contributed by atoms with E-state index in [0.717, 1.165) is 6.42 Å². The fourth-order valence-corrected chi connectivity index (χ4v) is 3.81. The fourth-order valence-electron chi connectivity index (χ4n) is 2.40. The van der Waals surface area contributed by atoms with E-state index in [2.05, 4.69) is 19.9 Å². The number of piperidine rings is 1. The van der Waals surface area contributed by atoms with Crippen molar-refractivity contribution in [1.29, 1.82) is 0 Å². The van der Waals surface area contributed by atoms with Gasteiger partial charge in [-0.1, -0.05) is 0 Å². The van der Waals surface area contributed by atoms with E-state index in [-0.39, 0.29) is 23.7 Å². The Kier molecular flexibility index (Phi) is 4.44. The summed E-state index contributed by atoms with van der Waals surface area (Å²) in [6.07, 6.45) is 5.36. The van der Waals surface area contributed by atoms with Gasteiger partial charge in [0, 0.05) is 18.8 Å². The van der Waals surface area contributed by atoms with Crippen LogP contribution in [0.3, 0.4) is 0 Å². The molecule has 10 heteroatoms. The molecule has 2 aromatic rings. The summed E-state index contributed by atoms with van der Waals surface area (Å²) in [6, 6.07) is 1.82. The molecule has 3 heterocycles. The standard InChI is InChI=1S/C13H17N5O4S/c1-21-13-15-5-4-11(17-13)22-10-3-2-6-18(8-10)23(19,20)12-7-14-9-16-12/h4-5,7,9-10H,2-3,6,8H2,1H3,(H,14,16). The second kappa shape index (κ2) is 6.50. The molecule has 1 aliphatic rings. The van der Waals surface area contributed by atoms with E-state index in [1.54, 1.807) is 6.07 Å². The van der Waals surface area contributed by atoms with E-state index in [9.17, 15) is 8.42 Å². The number of imidazole rings is 1. The molecule has 1 saturated heterocycles. The molecular weight excluding hydrogens is 322 g/mol. The second-order valence-corrected chi connectivity index (χ2v) is 6.95. The first-order valence-corrected chi connectivity index (χ1v) is 8.56. The lowest BCUT2D eigenvalue weighted by Gasteiger charge is -2.31. The SMILES string of the molecule is COc1nccc(OC2CCCN(S(=O)(=O)c3cnc[nH]3)C2)n1. The Bertz CT molecular complexity index is 749. The van der Waals surface area contributed by atoms with Gasteiger partial charge in [0.15, 0.2) is 5.03 Å². The Balaban J connectivity index is 1.71. The maximum absolute atomic E-state index is 12.5. The predicted octanol–water partition coefficient (Wildman–Crippen LogP) is 0.440. The average molecular weight is 339 g/mol. The van der Waals surface area contributed by atoms with Crippen LogP contribution in [0.5, 0.6) is 11.9 Å². The highest BCUT2D eigenvalue weighted by Crippen LogP contribution is 2.22. The van der Waals surface area contributed by atoms with E-state index in [4.69, 9.17) is 9.47 Å². The topological polar surface area (TPSA) is 110 Å². The van der Waals surface area contributed by atoms with Crippen LogP contribution in [-0.4, -0.2) is 59.0 Å². The number of hydrogen-bond donors (Lipinski definition) is 1. The lowest BCUT2D eigenvalue weighted by molar-refractivity contribution is 0.123. The highest BCUT2D eigenvalue weighted by Gasteiger charge is 2.32. The molecule has 1 N–H and O–H groups in total. The number of nitrogens with zero attached hydrogens (tertiary/aromatic N) is 4. The molecule has 1 aliphatic heterocycles. The molecule has 124 valence electrons. The first kappa shape index (κ1) is 15.7. The van der Waals surface area contributed by atoms with Gasteiger partial charge >= 0.3 is 6.01 Å². The molecule has 1 atom stereocenters. The molecule has 0 amide bonds. The third-order valence-electron chi connectivity index (χ3n) is 3.51. The fraction of sp³-hybridized carbons (Fsp3) is 0.462. The summed E-state index contributed by atoms with van der Waals surface area (Å²) < 4.78 is 37.1. The molecule has 0 saturated carbocycles. The average Bonchev–Trinajstić information content (AvgIpc) is 3.10. The quantitative estimate of drug-likeness (QED) is 0.841. The Labute approximate surface area is 133 Å². The van der Waals surface area contributed by atoms with Gasteiger partial charge in [-0.05, 0) is 12.8 Å². The van der Waals surface area contributed by atoms with Gasteiger partial charge in [0.25, 0.3) is 10.0 Å². The molecule has 3 rings (SSSR count). The van der Waals surface area contributed by atoms with Crippen LogP contribution in [0.1, 0.15) is 12.8 Å². The molecule has 23 heavy (non-hydrogen) atoms. The van der Waals surface area contributed by atoms with Crippen LogP contribution in [0, 0.1) is 0 Å².